The molecule has 0 saturated heterocycles. The molecule has 6 nitrogen and oxygen atoms in total. The van der Waals surface area contributed by atoms with Crippen molar-refractivity contribution < 1.29 is 27.2 Å². The van der Waals surface area contributed by atoms with Crippen LogP contribution in [0.15, 0.2) is 53.9 Å². The van der Waals surface area contributed by atoms with Gasteiger partial charge in [0.2, 0.25) is 0 Å². The summed E-state index contributed by atoms with van der Waals surface area (Å²) in [6.45, 7) is 5.68. The van der Waals surface area contributed by atoms with E-state index in [-0.39, 0.29) is 10.9 Å². The van der Waals surface area contributed by atoms with E-state index in [1.165, 1.54) is 6.07 Å². The van der Waals surface area contributed by atoms with Gasteiger partial charge in [0.1, 0.15) is 12.4 Å². The van der Waals surface area contributed by atoms with Crippen molar-refractivity contribution in [2.75, 3.05) is 7.11 Å². The number of rotatable bonds is 4. The van der Waals surface area contributed by atoms with E-state index in [2.05, 4.69) is 6.58 Å². The molecule has 0 aliphatic carbocycles. The van der Waals surface area contributed by atoms with Crippen LogP contribution < -0.4 is 4.74 Å². The molecule has 2 aromatic rings. The zero-order valence-electron chi connectivity index (χ0n) is 14.6. The molecule has 0 amide bonds. The highest BCUT2D eigenvalue weighted by Crippen LogP contribution is 2.29. The van der Waals surface area contributed by atoms with Crippen molar-refractivity contribution in [3.8, 4) is 5.75 Å². The second-order valence-corrected chi connectivity index (χ2v) is 7.02. The van der Waals surface area contributed by atoms with E-state index < -0.39 is 10.1 Å². The fourth-order valence-electron chi connectivity index (χ4n) is 2.56. The van der Waals surface area contributed by atoms with Gasteiger partial charge >= 0.3 is 5.97 Å². The Labute approximate surface area is 152 Å². The first-order valence-electron chi connectivity index (χ1n) is 7.78. The molecule has 138 valence electrons. The average Bonchev–Trinajstić information content (AvgIpc) is 2.95. The Bertz CT molecular complexity index is 931. The molecule has 0 aromatic heterocycles. The van der Waals surface area contributed by atoms with Gasteiger partial charge < -0.3 is 9.47 Å². The van der Waals surface area contributed by atoms with Crippen molar-refractivity contribution in [2.45, 2.75) is 24.8 Å². The number of benzene rings is 2. The van der Waals surface area contributed by atoms with Crippen LogP contribution in [-0.2, 0) is 27.9 Å². The Hall–Kier alpha value is -2.64. The van der Waals surface area contributed by atoms with E-state index in [9.17, 15) is 13.2 Å². The standard InChI is InChI=1S/C12H12O3.C7H8O3S/c1-3-4-8-5-9-7-15-12(13)10(9)6-11(8)14-2;1-6-4-2-3-5-7(6)11(8,9)10/h3,5-6H,1,4,7H2,2H3;2-5H,1H3,(H,8,9,10). The summed E-state index contributed by atoms with van der Waals surface area (Å²) < 4.78 is 40.0. The minimum Gasteiger partial charge on any atom is -0.496 e. The number of esters is 1. The van der Waals surface area contributed by atoms with Gasteiger partial charge in [-0.05, 0) is 42.7 Å². The van der Waals surface area contributed by atoms with Gasteiger partial charge in [-0.1, -0.05) is 24.3 Å². The summed E-state index contributed by atoms with van der Waals surface area (Å²) in [4.78, 5) is 11.3. The molecule has 7 heteroatoms. The second-order valence-electron chi connectivity index (χ2n) is 5.63. The summed E-state index contributed by atoms with van der Waals surface area (Å²) in [6.07, 6.45) is 2.53. The summed E-state index contributed by atoms with van der Waals surface area (Å²) in [5.74, 6) is 0.445. The van der Waals surface area contributed by atoms with E-state index in [4.69, 9.17) is 14.0 Å². The maximum Gasteiger partial charge on any atom is 0.339 e. The zero-order chi connectivity index (χ0) is 19.3. The first-order valence-corrected chi connectivity index (χ1v) is 9.23. The average molecular weight is 376 g/mol. The van der Waals surface area contributed by atoms with Gasteiger partial charge in [-0.25, -0.2) is 4.79 Å². The number of hydrogen-bond donors (Lipinski definition) is 1. The second kappa shape index (κ2) is 8.16. The lowest BCUT2D eigenvalue weighted by Crippen LogP contribution is -1.99. The van der Waals surface area contributed by atoms with Crippen LogP contribution in [0.2, 0.25) is 0 Å². The van der Waals surface area contributed by atoms with E-state index in [1.54, 1.807) is 38.3 Å². The van der Waals surface area contributed by atoms with Crippen LogP contribution in [0, 0.1) is 6.92 Å². The third-order valence-corrected chi connectivity index (χ3v) is 4.83. The molecule has 26 heavy (non-hydrogen) atoms. The van der Waals surface area contributed by atoms with E-state index >= 15 is 0 Å². The molecule has 2 aromatic carbocycles. The largest absolute Gasteiger partial charge is 0.496 e. The Morgan fingerprint density at radius 3 is 2.54 bits per heavy atom. The monoisotopic (exact) mass is 376 g/mol. The van der Waals surface area contributed by atoms with Crippen LogP contribution >= 0.6 is 0 Å². The van der Waals surface area contributed by atoms with Crippen molar-refractivity contribution in [1.29, 1.82) is 0 Å². The van der Waals surface area contributed by atoms with E-state index in [0.29, 0.717) is 23.5 Å². The molecule has 0 saturated carbocycles. The van der Waals surface area contributed by atoms with Gasteiger partial charge in [-0.2, -0.15) is 8.42 Å². The van der Waals surface area contributed by atoms with Crippen molar-refractivity contribution in [2.24, 2.45) is 0 Å². The Morgan fingerprint density at radius 2 is 2.00 bits per heavy atom. The summed E-state index contributed by atoms with van der Waals surface area (Å²) in [6, 6.07) is 9.96. The minimum absolute atomic E-state index is 0.0278. The molecule has 3 rings (SSSR count). The number of aryl methyl sites for hydroxylation is 1. The van der Waals surface area contributed by atoms with Crippen LogP contribution in [0.25, 0.3) is 0 Å². The smallest absolute Gasteiger partial charge is 0.339 e. The lowest BCUT2D eigenvalue weighted by atomic mass is 10.0. The lowest BCUT2D eigenvalue weighted by Gasteiger charge is -2.07. The molecule has 1 aliphatic heterocycles. The summed E-state index contributed by atoms with van der Waals surface area (Å²) in [5, 5.41) is 0. The molecule has 1 aliphatic rings. The third-order valence-electron chi connectivity index (χ3n) is 3.82. The van der Waals surface area contributed by atoms with Crippen LogP contribution in [0.5, 0.6) is 5.75 Å². The SMILES string of the molecule is C=CCc1cc2c(cc1OC)C(=O)OC2.Cc1ccccc1S(=O)(=O)O. The fourth-order valence-corrected chi connectivity index (χ4v) is 3.28. The lowest BCUT2D eigenvalue weighted by molar-refractivity contribution is 0.0535. The maximum atomic E-state index is 11.3. The number of carbonyl (C=O) groups is 1. The van der Waals surface area contributed by atoms with Crippen LogP contribution in [0.4, 0.5) is 0 Å². The number of ether oxygens (including phenoxy) is 2. The molecule has 0 unspecified atom stereocenters. The first-order chi connectivity index (χ1) is 12.3. The van der Waals surface area contributed by atoms with Crippen LogP contribution in [-0.4, -0.2) is 26.0 Å². The van der Waals surface area contributed by atoms with E-state index in [0.717, 1.165) is 17.5 Å². The first kappa shape index (κ1) is 19.7. The number of methoxy groups -OCH3 is 1. The van der Waals surface area contributed by atoms with Crippen LogP contribution in [0.3, 0.4) is 0 Å². The number of fused-ring (bicyclic) bond motifs is 1. The highest BCUT2D eigenvalue weighted by molar-refractivity contribution is 7.85. The van der Waals surface area contributed by atoms with Crippen molar-refractivity contribution in [3.63, 3.8) is 0 Å². The van der Waals surface area contributed by atoms with Gasteiger partial charge in [0.15, 0.2) is 0 Å². The summed E-state index contributed by atoms with van der Waals surface area (Å²) in [7, 11) is -2.44. The molecular formula is C19H20O6S. The normalized spacial score (nSPS) is 12.5. The van der Waals surface area contributed by atoms with E-state index in [1.807, 2.05) is 12.1 Å². The Balaban J connectivity index is 0.000000197. The zero-order valence-corrected chi connectivity index (χ0v) is 15.4. The highest BCUT2D eigenvalue weighted by Gasteiger charge is 2.23. The van der Waals surface area contributed by atoms with Crippen LogP contribution in [0.1, 0.15) is 27.0 Å². The molecule has 0 bridgehead atoms. The predicted octanol–water partition coefficient (Wildman–Crippen LogP) is 3.34. The molecule has 0 spiro atoms. The van der Waals surface area contributed by atoms with Gasteiger partial charge in [0.05, 0.1) is 17.6 Å². The van der Waals surface area contributed by atoms with Gasteiger partial charge in [-0.3, -0.25) is 4.55 Å². The van der Waals surface area contributed by atoms with Crippen molar-refractivity contribution >= 4 is 16.1 Å². The van der Waals surface area contributed by atoms with Gasteiger partial charge in [0, 0.05) is 5.56 Å². The molecule has 1 heterocycles. The fraction of sp³-hybridized carbons (Fsp3) is 0.211. The van der Waals surface area contributed by atoms with Crippen molar-refractivity contribution in [1.82, 2.24) is 0 Å². The minimum atomic E-state index is -4.03. The number of allylic oxidation sites excluding steroid dienone is 1. The molecule has 0 atom stereocenters. The Kier molecular flexibility index (Phi) is 6.18. The Morgan fingerprint density at radius 1 is 1.31 bits per heavy atom. The van der Waals surface area contributed by atoms with Gasteiger partial charge in [-0.15, -0.1) is 6.58 Å². The third kappa shape index (κ3) is 4.50. The number of cyclic esters (lactones) is 1. The molecule has 1 N–H and O–H groups in total. The summed E-state index contributed by atoms with van der Waals surface area (Å²) >= 11 is 0. The topological polar surface area (TPSA) is 89.9 Å². The number of carbonyl (C=O) groups excluding carboxylic acids is 1. The molecule has 0 fully saturated rings. The quantitative estimate of drug-likeness (QED) is 0.500. The van der Waals surface area contributed by atoms with Gasteiger partial charge in [0.25, 0.3) is 10.1 Å². The molecular weight excluding hydrogens is 356 g/mol. The summed E-state index contributed by atoms with van der Waals surface area (Å²) in [5.41, 5.74) is 3.12. The highest BCUT2D eigenvalue weighted by atomic mass is 32.2. The maximum absolute atomic E-state index is 11.3. The van der Waals surface area contributed by atoms with Crippen molar-refractivity contribution in [3.05, 3.63) is 71.3 Å². The molecule has 0 radical (unpaired) electrons. The number of hydrogen-bond acceptors (Lipinski definition) is 5. The predicted molar refractivity (Wildman–Crippen MR) is 97.0 cm³/mol.